The van der Waals surface area contributed by atoms with Crippen molar-refractivity contribution in [1.29, 1.82) is 0 Å². The molecule has 0 amide bonds. The highest BCUT2D eigenvalue weighted by Crippen LogP contribution is 2.46. The molecule has 0 unspecified atom stereocenters. The third-order valence-electron chi connectivity index (χ3n) is 16.2. The average molecular weight is 1010 g/mol. The summed E-state index contributed by atoms with van der Waals surface area (Å²) in [6.07, 6.45) is 0. The molecule has 0 spiro atoms. The first-order chi connectivity index (χ1) is 37.8. The Labute approximate surface area is 450 Å². The maximum Gasteiger partial charge on any atom is 0.338 e. The molecule has 372 valence electrons. The molecule has 12 aromatic carbocycles. The molecule has 0 bridgehead atoms. The van der Waals surface area contributed by atoms with Crippen LogP contribution in [0.1, 0.15) is 97.8 Å². The lowest BCUT2D eigenvalue weighted by atomic mass is 9.82. The maximum absolute atomic E-state index is 14.1. The van der Waals surface area contributed by atoms with E-state index in [-0.39, 0.29) is 0 Å². The summed E-state index contributed by atoms with van der Waals surface area (Å²) in [5, 5.41) is 15.8. The van der Waals surface area contributed by atoms with Gasteiger partial charge in [0.05, 0.1) is 38.0 Å². The van der Waals surface area contributed by atoms with Crippen LogP contribution >= 0.6 is 0 Å². The molecule has 6 nitrogen and oxygen atoms in total. The lowest BCUT2D eigenvalue weighted by Gasteiger charge is -2.20. The molecule has 1 aliphatic rings. The topological polar surface area (TPSA) is 78.9 Å². The molecule has 1 aliphatic carbocycles. The highest BCUT2D eigenvalue weighted by Gasteiger charge is 2.27. The molecule has 0 N–H and O–H groups in total. The number of hydrogen-bond acceptors (Lipinski definition) is 6. The van der Waals surface area contributed by atoms with Gasteiger partial charge < -0.3 is 14.2 Å². The van der Waals surface area contributed by atoms with E-state index >= 15 is 0 Å². The first-order valence-corrected chi connectivity index (χ1v) is 25.9. The number of methoxy groups -OCH3 is 3. The summed E-state index contributed by atoms with van der Waals surface area (Å²) in [4.78, 5) is 42.3. The second-order valence-corrected chi connectivity index (χ2v) is 20.5. The zero-order valence-electron chi connectivity index (χ0n) is 44.6. The molecule has 0 saturated carbocycles. The minimum absolute atomic E-state index is 0.409. The van der Waals surface area contributed by atoms with Gasteiger partial charge in [-0.1, -0.05) is 145 Å². The van der Waals surface area contributed by atoms with Crippen molar-refractivity contribution in [3.8, 4) is 35.5 Å². The second kappa shape index (κ2) is 17.9. The van der Waals surface area contributed by atoms with Crippen LogP contribution in [0.25, 0.3) is 97.0 Å². The highest BCUT2D eigenvalue weighted by molar-refractivity contribution is 6.31. The molecule has 0 fully saturated rings. The third kappa shape index (κ3) is 6.78. The Hall–Kier alpha value is -9.93. The monoisotopic (exact) mass is 1010 g/mol. The van der Waals surface area contributed by atoms with Crippen LogP contribution in [0.4, 0.5) is 0 Å². The minimum Gasteiger partial charge on any atom is -0.465 e. The van der Waals surface area contributed by atoms with Crippen molar-refractivity contribution in [3.05, 3.63) is 211 Å². The van der Waals surface area contributed by atoms with Crippen LogP contribution in [0.5, 0.6) is 0 Å². The van der Waals surface area contributed by atoms with E-state index in [9.17, 15) is 14.4 Å². The van der Waals surface area contributed by atoms with Crippen molar-refractivity contribution in [2.45, 2.75) is 41.5 Å². The lowest BCUT2D eigenvalue weighted by Crippen LogP contribution is -2.05. The van der Waals surface area contributed by atoms with Crippen LogP contribution in [0, 0.1) is 77.1 Å². The van der Waals surface area contributed by atoms with E-state index in [1.807, 2.05) is 54.6 Å². The maximum atomic E-state index is 14.1. The molecule has 0 aromatic heterocycles. The number of fused-ring (bicyclic) bond motifs is 24. The number of hydrogen-bond donors (Lipinski definition) is 0. The number of aryl methyl sites for hydroxylation is 6. The summed E-state index contributed by atoms with van der Waals surface area (Å²) in [5.74, 6) is 21.2. The molecule has 0 atom stereocenters. The van der Waals surface area contributed by atoms with Crippen molar-refractivity contribution in [1.82, 2.24) is 0 Å². The van der Waals surface area contributed by atoms with E-state index in [0.717, 1.165) is 130 Å². The van der Waals surface area contributed by atoms with Crippen LogP contribution < -0.4 is 0 Å². The first kappa shape index (κ1) is 47.8. The van der Waals surface area contributed by atoms with E-state index in [0.29, 0.717) is 50.1 Å². The molecular weight excluding hydrogens is 961 g/mol. The van der Waals surface area contributed by atoms with E-state index < -0.39 is 17.9 Å². The fourth-order valence-corrected chi connectivity index (χ4v) is 12.8. The summed E-state index contributed by atoms with van der Waals surface area (Å²) in [6, 6.07) is 42.7. The van der Waals surface area contributed by atoms with Gasteiger partial charge in [-0.15, -0.1) is 0 Å². The Balaban J connectivity index is 1.36. The van der Waals surface area contributed by atoms with Gasteiger partial charge in [-0.05, 0) is 174 Å². The van der Waals surface area contributed by atoms with Crippen molar-refractivity contribution in [3.63, 3.8) is 0 Å². The number of ether oxygens (including phenoxy) is 3. The predicted octanol–water partition coefficient (Wildman–Crippen LogP) is 15.8. The number of rotatable bonds is 3. The summed E-state index contributed by atoms with van der Waals surface area (Å²) in [7, 11) is 4.22. The van der Waals surface area contributed by atoms with Gasteiger partial charge >= 0.3 is 17.9 Å². The smallest absolute Gasteiger partial charge is 0.338 e. The van der Waals surface area contributed by atoms with Gasteiger partial charge in [0.1, 0.15) is 0 Å². The Morgan fingerprint density at radius 1 is 0.269 bits per heavy atom. The molecule has 12 aromatic rings. The summed E-state index contributed by atoms with van der Waals surface area (Å²) in [5.41, 5.74) is 11.1. The summed E-state index contributed by atoms with van der Waals surface area (Å²) in [6.45, 7) is 12.5. The van der Waals surface area contributed by atoms with Gasteiger partial charge in [-0.2, -0.15) is 0 Å². The van der Waals surface area contributed by atoms with Crippen molar-refractivity contribution < 1.29 is 28.6 Å². The average Bonchev–Trinajstić information content (AvgIpc) is 3.64. The Morgan fingerprint density at radius 2 is 0.462 bits per heavy atom. The normalized spacial score (nSPS) is 11.8. The van der Waals surface area contributed by atoms with Gasteiger partial charge in [-0.3, -0.25) is 0 Å². The number of carbonyl (C=O) groups is 3. The van der Waals surface area contributed by atoms with Crippen LogP contribution in [0.3, 0.4) is 0 Å². The number of benzene rings is 12. The van der Waals surface area contributed by atoms with Gasteiger partial charge in [0.15, 0.2) is 0 Å². The Bertz CT molecular complexity index is 4550. The molecule has 78 heavy (non-hydrogen) atoms. The summed E-state index contributed by atoms with van der Waals surface area (Å²) < 4.78 is 16.6. The SMILES string of the molecule is COC(=O)c1cc2c3c(c4cccc(C)c4c2c2c(C)cccc12)C#Cc1c(c2cccc(C)c2c2c1cc(C(=O)OC)c1cccc(C)c12)C#Cc1c(c2cccc(C)c2c2c1cc(C(=O)OC)c1cccc(C)c12)C#C3. The first-order valence-electron chi connectivity index (χ1n) is 25.9. The van der Waals surface area contributed by atoms with E-state index in [2.05, 4.69) is 150 Å². The van der Waals surface area contributed by atoms with E-state index in [1.54, 1.807) is 0 Å². The van der Waals surface area contributed by atoms with Gasteiger partial charge in [-0.25, -0.2) is 14.4 Å². The molecular formula is C72H48O6. The van der Waals surface area contributed by atoms with Crippen LogP contribution in [0.15, 0.2) is 127 Å². The van der Waals surface area contributed by atoms with Gasteiger partial charge in [0.25, 0.3) is 0 Å². The lowest BCUT2D eigenvalue weighted by molar-refractivity contribution is 0.0594. The standard InChI is InChI=1S/C72H48O6/c1-37-16-10-22-49-43-28-31-47-45(51-24-12-18-39(3)63(51)68-56(47)35-59(71(74)77-8)53-26-14-20-41(5)65(53)68)30-33-48-44(29-32-46(43)55-34-58(70(73)76-7)52-25-13-19-40(4)64(52)67(55)61(37)49)50-23-11-17-38(2)62(50)69-57(48)36-60(72(75)78-9)54-27-15-21-42(6)66(54)69/h10-27,34-36H,1-9H3. The quantitative estimate of drug-likeness (QED) is 0.0759. The summed E-state index contributed by atoms with van der Waals surface area (Å²) >= 11 is 0. The van der Waals surface area contributed by atoms with Crippen molar-refractivity contribution >= 4 is 115 Å². The molecule has 0 saturated heterocycles. The van der Waals surface area contributed by atoms with E-state index in [4.69, 9.17) is 14.2 Å². The molecule has 0 heterocycles. The fraction of sp³-hybridized carbons (Fsp3) is 0.125. The van der Waals surface area contributed by atoms with Gasteiger partial charge in [0.2, 0.25) is 0 Å². The number of esters is 3. The highest BCUT2D eigenvalue weighted by atomic mass is 16.5. The van der Waals surface area contributed by atoms with Gasteiger partial charge in [0, 0.05) is 49.5 Å². The van der Waals surface area contributed by atoms with Crippen LogP contribution in [-0.2, 0) is 14.2 Å². The Kier molecular flexibility index (Phi) is 10.9. The zero-order valence-corrected chi connectivity index (χ0v) is 44.6. The van der Waals surface area contributed by atoms with Crippen molar-refractivity contribution in [2.75, 3.05) is 21.3 Å². The zero-order chi connectivity index (χ0) is 54.0. The second-order valence-electron chi connectivity index (χ2n) is 20.5. The Morgan fingerprint density at radius 3 is 0.679 bits per heavy atom. The van der Waals surface area contributed by atoms with Crippen LogP contribution in [-0.4, -0.2) is 39.2 Å². The van der Waals surface area contributed by atoms with Crippen molar-refractivity contribution in [2.24, 2.45) is 0 Å². The molecule has 13 rings (SSSR count). The molecule has 0 radical (unpaired) electrons. The largest absolute Gasteiger partial charge is 0.465 e. The van der Waals surface area contributed by atoms with E-state index in [1.165, 1.54) is 21.3 Å². The molecule has 0 aliphatic heterocycles. The fourth-order valence-electron chi connectivity index (χ4n) is 12.8. The number of carbonyl (C=O) groups excluding carboxylic acids is 3. The predicted molar refractivity (Wildman–Crippen MR) is 317 cm³/mol. The third-order valence-corrected chi connectivity index (χ3v) is 16.2. The molecule has 6 heteroatoms. The minimum atomic E-state index is -0.470. The van der Waals surface area contributed by atoms with Crippen LogP contribution in [0.2, 0.25) is 0 Å².